The van der Waals surface area contributed by atoms with Crippen LogP contribution in [0.3, 0.4) is 0 Å². The van der Waals surface area contributed by atoms with E-state index in [-0.39, 0.29) is 21.8 Å². The van der Waals surface area contributed by atoms with Gasteiger partial charge in [0.1, 0.15) is 5.75 Å². The third-order valence-corrected chi connectivity index (χ3v) is 4.28. The van der Waals surface area contributed by atoms with Crippen LogP contribution in [0, 0.1) is 0 Å². The van der Waals surface area contributed by atoms with Crippen LogP contribution in [0.1, 0.15) is 16.7 Å². The summed E-state index contributed by atoms with van der Waals surface area (Å²) < 4.78 is 38.7. The Morgan fingerprint density at radius 1 is 1.12 bits per heavy atom. The molecule has 0 spiro atoms. The molecular weight excluding hydrogens is 347 g/mol. The second-order valence-corrected chi connectivity index (χ2v) is 5.90. The van der Waals surface area contributed by atoms with Crippen LogP contribution in [0.25, 0.3) is 0 Å². The maximum absolute atomic E-state index is 12.9. The minimum absolute atomic E-state index is 0.0411. The molecule has 0 aliphatic carbocycles. The monoisotopic (exact) mass is 357 g/mol. The van der Waals surface area contributed by atoms with E-state index in [1.165, 1.54) is 19.2 Å². The first kappa shape index (κ1) is 16.6. The van der Waals surface area contributed by atoms with E-state index >= 15 is 0 Å². The summed E-state index contributed by atoms with van der Waals surface area (Å²) in [5, 5.41) is 21.2. The van der Waals surface area contributed by atoms with Gasteiger partial charge in [0, 0.05) is 23.2 Å². The van der Waals surface area contributed by atoms with Crippen molar-refractivity contribution < 1.29 is 28.2 Å². The summed E-state index contributed by atoms with van der Waals surface area (Å²) in [6, 6.07) is 6.37. The van der Waals surface area contributed by atoms with Gasteiger partial charge in [0.25, 0.3) is 5.91 Å². The van der Waals surface area contributed by atoms with Crippen molar-refractivity contribution in [1.82, 2.24) is 0 Å². The molecule has 0 bridgehead atoms. The number of benzene rings is 2. The second kappa shape index (κ2) is 5.12. The third kappa shape index (κ3) is 2.23. The predicted molar refractivity (Wildman–Crippen MR) is 81.0 cm³/mol. The van der Waals surface area contributed by atoms with E-state index in [1.807, 2.05) is 0 Å². The number of anilines is 1. The van der Waals surface area contributed by atoms with E-state index in [4.69, 9.17) is 11.6 Å². The van der Waals surface area contributed by atoms with Gasteiger partial charge < -0.3 is 15.1 Å². The number of aliphatic hydroxyl groups is 1. The topological polar surface area (TPSA) is 60.8 Å². The maximum atomic E-state index is 12.9. The number of carbonyl (C=O) groups excluding carboxylic acids is 1. The van der Waals surface area contributed by atoms with Crippen molar-refractivity contribution in [3.8, 4) is 5.75 Å². The molecule has 24 heavy (non-hydrogen) atoms. The van der Waals surface area contributed by atoms with Crippen LogP contribution in [0.5, 0.6) is 5.75 Å². The van der Waals surface area contributed by atoms with Gasteiger partial charge in [-0.3, -0.25) is 4.79 Å². The summed E-state index contributed by atoms with van der Waals surface area (Å²) in [7, 11) is 1.26. The molecular formula is C16H11ClF3NO3. The van der Waals surface area contributed by atoms with E-state index in [1.54, 1.807) is 0 Å². The van der Waals surface area contributed by atoms with Gasteiger partial charge in [0.05, 0.1) is 11.3 Å². The van der Waals surface area contributed by atoms with Gasteiger partial charge in [0.2, 0.25) is 0 Å². The first-order chi connectivity index (χ1) is 11.1. The summed E-state index contributed by atoms with van der Waals surface area (Å²) in [6.07, 6.45) is -4.58. The van der Waals surface area contributed by atoms with Crippen molar-refractivity contribution in [3.05, 3.63) is 58.1 Å². The number of amides is 1. The first-order valence-electron chi connectivity index (χ1n) is 6.78. The molecule has 1 heterocycles. The molecule has 2 aromatic carbocycles. The van der Waals surface area contributed by atoms with Crippen LogP contribution >= 0.6 is 11.6 Å². The van der Waals surface area contributed by atoms with E-state index in [0.29, 0.717) is 0 Å². The number of hydrogen-bond donors (Lipinski definition) is 2. The highest BCUT2D eigenvalue weighted by Crippen LogP contribution is 2.48. The number of hydrogen-bond acceptors (Lipinski definition) is 3. The number of nitrogens with zero attached hydrogens (tertiary/aromatic N) is 1. The predicted octanol–water partition coefficient (Wildman–Crippen LogP) is 3.28. The Labute approximate surface area is 139 Å². The van der Waals surface area contributed by atoms with Crippen molar-refractivity contribution in [2.24, 2.45) is 0 Å². The fourth-order valence-corrected chi connectivity index (χ4v) is 3.00. The Bertz CT molecular complexity index is 853. The van der Waals surface area contributed by atoms with Crippen molar-refractivity contribution in [1.29, 1.82) is 0 Å². The number of aromatic hydroxyl groups is 1. The number of alkyl halides is 3. The molecule has 8 heteroatoms. The third-order valence-electron chi connectivity index (χ3n) is 4.04. The highest BCUT2D eigenvalue weighted by Gasteiger charge is 2.52. The van der Waals surface area contributed by atoms with Crippen LogP contribution in [0.2, 0.25) is 5.02 Å². The number of carbonyl (C=O) groups is 1. The van der Waals surface area contributed by atoms with Crippen molar-refractivity contribution in [2.75, 3.05) is 11.9 Å². The summed E-state index contributed by atoms with van der Waals surface area (Å²) in [6.45, 7) is 0. The van der Waals surface area contributed by atoms with E-state index < -0.39 is 29.0 Å². The van der Waals surface area contributed by atoms with E-state index in [9.17, 15) is 28.2 Å². The smallest absolute Gasteiger partial charge is 0.416 e. The molecule has 0 fully saturated rings. The fraction of sp³-hybridized carbons (Fsp3) is 0.188. The Balaban J connectivity index is 2.24. The zero-order valence-corrected chi connectivity index (χ0v) is 13.0. The number of rotatable bonds is 1. The molecule has 0 aromatic heterocycles. The molecule has 126 valence electrons. The maximum Gasteiger partial charge on any atom is 0.416 e. The van der Waals surface area contributed by atoms with Crippen LogP contribution in [-0.4, -0.2) is 23.2 Å². The summed E-state index contributed by atoms with van der Waals surface area (Å²) in [5.74, 6) is -1.30. The van der Waals surface area contributed by atoms with Gasteiger partial charge >= 0.3 is 6.18 Å². The zero-order chi connectivity index (χ0) is 17.9. The number of phenolic OH excluding ortho intramolecular Hbond substituents is 1. The summed E-state index contributed by atoms with van der Waals surface area (Å²) in [4.78, 5) is 13.5. The van der Waals surface area contributed by atoms with E-state index in [2.05, 4.69) is 0 Å². The highest BCUT2D eigenvalue weighted by atomic mass is 35.5. The van der Waals surface area contributed by atoms with Crippen LogP contribution in [0.15, 0.2) is 36.4 Å². The lowest BCUT2D eigenvalue weighted by atomic mass is 9.86. The molecule has 3 rings (SSSR count). The number of likely N-dealkylation sites (N-methyl/N-ethyl adjacent to an activating group) is 1. The van der Waals surface area contributed by atoms with E-state index in [0.717, 1.165) is 29.2 Å². The van der Waals surface area contributed by atoms with Crippen molar-refractivity contribution in [2.45, 2.75) is 11.8 Å². The molecule has 0 radical (unpaired) electrons. The number of phenols is 1. The zero-order valence-electron chi connectivity index (χ0n) is 12.2. The van der Waals surface area contributed by atoms with Crippen LogP contribution in [-0.2, 0) is 16.6 Å². The highest BCUT2D eigenvalue weighted by molar-refractivity contribution is 6.30. The Morgan fingerprint density at radius 2 is 1.75 bits per heavy atom. The largest absolute Gasteiger partial charge is 0.507 e. The Hall–Kier alpha value is -2.25. The van der Waals surface area contributed by atoms with Crippen LogP contribution < -0.4 is 4.90 Å². The molecule has 1 amide bonds. The lowest BCUT2D eigenvalue weighted by Crippen LogP contribution is -2.39. The van der Waals surface area contributed by atoms with Gasteiger partial charge in [-0.25, -0.2) is 0 Å². The second-order valence-electron chi connectivity index (χ2n) is 5.47. The van der Waals surface area contributed by atoms with Crippen LogP contribution in [0.4, 0.5) is 18.9 Å². The average Bonchev–Trinajstić information content (AvgIpc) is 2.69. The summed E-state index contributed by atoms with van der Waals surface area (Å²) >= 11 is 5.74. The van der Waals surface area contributed by atoms with Gasteiger partial charge in [-0.05, 0) is 24.3 Å². The Kier molecular flexibility index (Phi) is 3.54. The minimum Gasteiger partial charge on any atom is -0.507 e. The Morgan fingerprint density at radius 3 is 2.33 bits per heavy atom. The lowest BCUT2D eigenvalue weighted by molar-refractivity contribution is -0.137. The molecule has 1 unspecified atom stereocenters. The van der Waals surface area contributed by atoms with Gasteiger partial charge in [-0.1, -0.05) is 23.7 Å². The SMILES string of the molecule is CN1C(=O)C(O)(c2ccc(Cl)cc2O)c2ccc(C(F)(F)F)cc21. The normalized spacial score (nSPS) is 20.4. The first-order valence-corrected chi connectivity index (χ1v) is 7.16. The van der Waals surface area contributed by atoms with Crippen molar-refractivity contribution in [3.63, 3.8) is 0 Å². The molecule has 0 saturated heterocycles. The molecule has 1 aliphatic heterocycles. The number of halogens is 4. The van der Waals surface area contributed by atoms with Gasteiger partial charge in [0.15, 0.2) is 5.60 Å². The molecule has 4 nitrogen and oxygen atoms in total. The quantitative estimate of drug-likeness (QED) is 0.823. The van der Waals surface area contributed by atoms with Gasteiger partial charge in [-0.2, -0.15) is 13.2 Å². The lowest BCUT2D eigenvalue weighted by Gasteiger charge is -2.23. The summed E-state index contributed by atoms with van der Waals surface area (Å²) in [5.41, 5.74) is -3.50. The molecule has 1 aliphatic rings. The number of fused-ring (bicyclic) bond motifs is 1. The fourth-order valence-electron chi connectivity index (χ4n) is 2.83. The van der Waals surface area contributed by atoms with Gasteiger partial charge in [-0.15, -0.1) is 0 Å². The molecule has 2 aromatic rings. The standard InChI is InChI=1S/C16H11ClF3NO3/c1-21-12-6-8(16(18,19)20)2-4-10(12)15(24,14(21)23)11-5-3-9(17)7-13(11)22/h2-7,22,24H,1H3. The average molecular weight is 358 g/mol. The minimum atomic E-state index is -4.58. The van der Waals surface area contributed by atoms with Crippen molar-refractivity contribution >= 4 is 23.2 Å². The molecule has 2 N–H and O–H groups in total. The molecule has 0 saturated carbocycles. The molecule has 1 atom stereocenters.